The van der Waals surface area contributed by atoms with E-state index < -0.39 is 22.0 Å². The molecular weight excluding hydrogens is 294 g/mol. The van der Waals surface area contributed by atoms with Crippen molar-refractivity contribution in [2.45, 2.75) is 44.8 Å². The molecule has 0 radical (unpaired) electrons. The Labute approximate surface area is 125 Å². The summed E-state index contributed by atoms with van der Waals surface area (Å²) in [5.41, 5.74) is 1.67. The summed E-state index contributed by atoms with van der Waals surface area (Å²) in [4.78, 5) is 0. The molecule has 7 heteroatoms. The number of unbranched alkanes of at least 4 members (excludes halogenated alkanes) is 1. The second kappa shape index (κ2) is 5.92. The van der Waals surface area contributed by atoms with Gasteiger partial charge < -0.3 is 9.84 Å². The number of aliphatic hydroxyl groups is 1. The third-order valence-electron chi connectivity index (χ3n) is 3.77. The van der Waals surface area contributed by atoms with Gasteiger partial charge in [0.2, 0.25) is 6.29 Å². The van der Waals surface area contributed by atoms with Crippen molar-refractivity contribution in [1.29, 1.82) is 0 Å². The van der Waals surface area contributed by atoms with E-state index in [1.165, 1.54) is 0 Å². The van der Waals surface area contributed by atoms with Gasteiger partial charge in [-0.05, 0) is 44.7 Å². The van der Waals surface area contributed by atoms with E-state index >= 15 is 0 Å². The largest absolute Gasteiger partial charge is 0.464 e. The summed E-state index contributed by atoms with van der Waals surface area (Å²) in [5, 5.41) is 9.88. The van der Waals surface area contributed by atoms with Crippen LogP contribution in [0.4, 0.5) is 0 Å². The zero-order valence-corrected chi connectivity index (χ0v) is 13.0. The minimum Gasteiger partial charge on any atom is -0.464 e. The van der Waals surface area contributed by atoms with Gasteiger partial charge in [0, 0.05) is 12.1 Å². The highest BCUT2D eigenvalue weighted by Gasteiger charge is 2.40. The van der Waals surface area contributed by atoms with Gasteiger partial charge >= 0.3 is 10.3 Å². The molecule has 21 heavy (non-hydrogen) atoms. The lowest BCUT2D eigenvalue weighted by Crippen LogP contribution is -2.31. The van der Waals surface area contributed by atoms with Crippen LogP contribution in [0, 0.1) is 0 Å². The Morgan fingerprint density at radius 3 is 2.71 bits per heavy atom. The van der Waals surface area contributed by atoms with Crippen LogP contribution in [0.25, 0.3) is 0 Å². The van der Waals surface area contributed by atoms with Crippen LogP contribution in [-0.4, -0.2) is 30.9 Å². The number of nitrogens with one attached hydrogen (secondary N) is 1. The molecule has 2 rings (SSSR count). The predicted molar refractivity (Wildman–Crippen MR) is 78.6 cm³/mol. The minimum absolute atomic E-state index is 0.219. The average Bonchev–Trinajstić information content (AvgIpc) is 2.59. The molecule has 1 heterocycles. The van der Waals surface area contributed by atoms with Crippen molar-refractivity contribution >= 4 is 10.3 Å². The molecule has 0 aliphatic carbocycles. The number of rotatable bonds is 6. The van der Waals surface area contributed by atoms with E-state index in [4.69, 9.17) is 9.29 Å². The van der Waals surface area contributed by atoms with Gasteiger partial charge in [0.25, 0.3) is 0 Å². The number of ether oxygens (including phenoxy) is 1. The Bertz CT molecular complexity index is 612. The molecule has 0 saturated heterocycles. The summed E-state index contributed by atoms with van der Waals surface area (Å²) in [6, 6.07) is 5.84. The van der Waals surface area contributed by atoms with Crippen LogP contribution < -0.4 is 9.46 Å². The lowest BCUT2D eigenvalue weighted by molar-refractivity contribution is -0.0450. The van der Waals surface area contributed by atoms with Gasteiger partial charge in [-0.15, -0.1) is 0 Å². The second-order valence-electron chi connectivity index (χ2n) is 5.85. The number of aryl methyl sites for hydroxylation is 1. The minimum atomic E-state index is -4.09. The molecule has 0 spiro atoms. The molecular formula is C14H21NO5S. The molecule has 1 aliphatic heterocycles. The molecule has 1 aliphatic rings. The van der Waals surface area contributed by atoms with Gasteiger partial charge in [0.1, 0.15) is 5.75 Å². The highest BCUT2D eigenvalue weighted by atomic mass is 32.2. The zero-order chi connectivity index (χ0) is 15.7. The molecule has 1 atom stereocenters. The number of hydrogen-bond donors (Lipinski definition) is 3. The maximum Gasteiger partial charge on any atom is 0.333 e. The molecule has 0 aromatic heterocycles. The number of fused-ring (bicyclic) bond motifs is 1. The molecule has 0 bridgehead atoms. The molecule has 6 nitrogen and oxygen atoms in total. The van der Waals surface area contributed by atoms with E-state index in [9.17, 15) is 13.5 Å². The Kier molecular flexibility index (Phi) is 4.57. The fraction of sp³-hybridized carbons (Fsp3) is 0.571. The molecule has 0 saturated carbocycles. The topological polar surface area (TPSA) is 95.9 Å². The van der Waals surface area contributed by atoms with Gasteiger partial charge in [0.15, 0.2) is 0 Å². The van der Waals surface area contributed by atoms with Crippen LogP contribution in [0.1, 0.15) is 37.8 Å². The first-order valence-electron chi connectivity index (χ1n) is 6.90. The summed E-state index contributed by atoms with van der Waals surface area (Å²) >= 11 is 0. The monoisotopic (exact) mass is 315 g/mol. The van der Waals surface area contributed by atoms with E-state index in [0.717, 1.165) is 24.0 Å². The first kappa shape index (κ1) is 16.2. The third-order valence-corrected chi connectivity index (χ3v) is 4.34. The Hall–Kier alpha value is -1.15. The van der Waals surface area contributed by atoms with E-state index in [0.29, 0.717) is 12.2 Å². The Balaban J connectivity index is 1.91. The summed E-state index contributed by atoms with van der Waals surface area (Å²) in [5.74, 6) is 0.712. The van der Waals surface area contributed by atoms with Crippen molar-refractivity contribution < 1.29 is 22.8 Å². The summed E-state index contributed by atoms with van der Waals surface area (Å²) in [7, 11) is -4.09. The van der Waals surface area contributed by atoms with Crippen molar-refractivity contribution in [3.05, 3.63) is 29.3 Å². The van der Waals surface area contributed by atoms with E-state index in [1.54, 1.807) is 0 Å². The van der Waals surface area contributed by atoms with E-state index in [1.807, 2.05) is 36.8 Å². The van der Waals surface area contributed by atoms with Crippen LogP contribution in [0.5, 0.6) is 5.75 Å². The van der Waals surface area contributed by atoms with Crippen molar-refractivity contribution in [2.75, 3.05) is 6.54 Å². The van der Waals surface area contributed by atoms with Gasteiger partial charge in [-0.25, -0.2) is 0 Å². The number of hydrogen-bond acceptors (Lipinski definition) is 4. The predicted octanol–water partition coefficient (Wildman–Crippen LogP) is 1.39. The van der Waals surface area contributed by atoms with Crippen molar-refractivity contribution in [3.8, 4) is 5.75 Å². The molecule has 0 fully saturated rings. The highest BCUT2D eigenvalue weighted by molar-refractivity contribution is 7.83. The first-order valence-corrected chi connectivity index (χ1v) is 8.34. The fourth-order valence-corrected chi connectivity index (χ4v) is 2.80. The van der Waals surface area contributed by atoms with Crippen LogP contribution in [0.3, 0.4) is 0 Å². The van der Waals surface area contributed by atoms with Crippen LogP contribution in [0.2, 0.25) is 0 Å². The van der Waals surface area contributed by atoms with Gasteiger partial charge in [-0.2, -0.15) is 13.1 Å². The summed E-state index contributed by atoms with van der Waals surface area (Å²) in [6.07, 6.45) is 1.40. The molecule has 1 unspecified atom stereocenters. The van der Waals surface area contributed by atoms with Gasteiger partial charge in [0.05, 0.1) is 5.41 Å². The van der Waals surface area contributed by atoms with Crippen LogP contribution in [-0.2, 0) is 22.1 Å². The number of benzene rings is 1. The third kappa shape index (κ3) is 3.94. The molecule has 1 aromatic rings. The Morgan fingerprint density at radius 2 is 2.05 bits per heavy atom. The summed E-state index contributed by atoms with van der Waals surface area (Å²) < 4.78 is 37.0. The van der Waals surface area contributed by atoms with E-state index in [2.05, 4.69) is 0 Å². The molecule has 0 amide bonds. The molecule has 1 aromatic carbocycles. The smallest absolute Gasteiger partial charge is 0.333 e. The van der Waals surface area contributed by atoms with Crippen molar-refractivity contribution in [3.63, 3.8) is 0 Å². The molecule has 3 N–H and O–H groups in total. The standard InChI is InChI=1S/C14H21NO5S/c1-14(2)11-9-10(6-7-12(11)20-13(14)16)5-3-4-8-15-21(17,18)19/h6-7,9,13,15-16H,3-5,8H2,1-2H3,(H,17,18,19). The molecule has 118 valence electrons. The normalized spacial score (nSPS) is 20.1. The second-order valence-corrected chi connectivity index (χ2v) is 7.09. The van der Waals surface area contributed by atoms with Crippen LogP contribution >= 0.6 is 0 Å². The van der Waals surface area contributed by atoms with E-state index in [-0.39, 0.29) is 6.54 Å². The number of aliphatic hydroxyl groups excluding tert-OH is 1. The van der Waals surface area contributed by atoms with Crippen LogP contribution in [0.15, 0.2) is 18.2 Å². The lowest BCUT2D eigenvalue weighted by Gasteiger charge is -2.20. The van der Waals surface area contributed by atoms with Crippen molar-refractivity contribution in [1.82, 2.24) is 4.72 Å². The maximum atomic E-state index is 10.5. The lowest BCUT2D eigenvalue weighted by atomic mass is 9.84. The van der Waals surface area contributed by atoms with Gasteiger partial charge in [-0.1, -0.05) is 12.1 Å². The Morgan fingerprint density at radius 1 is 1.33 bits per heavy atom. The van der Waals surface area contributed by atoms with Crippen molar-refractivity contribution in [2.24, 2.45) is 0 Å². The summed E-state index contributed by atoms with van der Waals surface area (Å²) in [6.45, 7) is 4.09. The SMILES string of the molecule is CC1(C)c2cc(CCCCNS(=O)(=O)O)ccc2OC1O. The first-order chi connectivity index (χ1) is 9.70. The quantitative estimate of drug-likeness (QED) is 0.544. The fourth-order valence-electron chi connectivity index (χ4n) is 2.39. The average molecular weight is 315 g/mol. The highest BCUT2D eigenvalue weighted by Crippen LogP contribution is 2.42. The van der Waals surface area contributed by atoms with Gasteiger partial charge in [-0.3, -0.25) is 4.55 Å². The maximum absolute atomic E-state index is 10.5. The zero-order valence-electron chi connectivity index (χ0n) is 12.2.